The van der Waals surface area contributed by atoms with Gasteiger partial charge in [-0.1, -0.05) is 19.1 Å². The summed E-state index contributed by atoms with van der Waals surface area (Å²) in [5.74, 6) is 0.148. The standard InChI is InChI=1S/C18H29N3O2/c1-4-5-18(22)19-14-17(21-10-12-23-13-11-21)15-6-8-16(9-7-15)20(2)3/h6-9,17H,4-5,10-14H2,1-3H3,(H,19,22)/p+1/t17-/m0/s1. The van der Waals surface area contributed by atoms with E-state index in [0.29, 0.717) is 13.0 Å². The van der Waals surface area contributed by atoms with Gasteiger partial charge in [0, 0.05) is 31.8 Å². The van der Waals surface area contributed by atoms with Gasteiger partial charge in [0.25, 0.3) is 0 Å². The Balaban J connectivity index is 2.09. The molecule has 2 N–H and O–H groups in total. The van der Waals surface area contributed by atoms with Crippen molar-refractivity contribution in [2.24, 2.45) is 0 Å². The topological polar surface area (TPSA) is 46.0 Å². The fraction of sp³-hybridized carbons (Fsp3) is 0.611. The summed E-state index contributed by atoms with van der Waals surface area (Å²) in [6, 6.07) is 8.96. The van der Waals surface area contributed by atoms with Crippen molar-refractivity contribution in [1.29, 1.82) is 0 Å². The molecule has 0 bridgehead atoms. The van der Waals surface area contributed by atoms with E-state index in [9.17, 15) is 4.79 Å². The van der Waals surface area contributed by atoms with Gasteiger partial charge in [0.15, 0.2) is 0 Å². The largest absolute Gasteiger partial charge is 0.378 e. The first kappa shape index (κ1) is 17.8. The number of anilines is 1. The van der Waals surface area contributed by atoms with E-state index in [4.69, 9.17) is 4.74 Å². The molecule has 2 rings (SSSR count). The average Bonchev–Trinajstić information content (AvgIpc) is 2.57. The Hall–Kier alpha value is -1.59. The van der Waals surface area contributed by atoms with Gasteiger partial charge in [0.05, 0.1) is 19.8 Å². The number of nitrogens with one attached hydrogen (secondary N) is 2. The van der Waals surface area contributed by atoms with Gasteiger partial charge in [-0.05, 0) is 18.6 Å². The van der Waals surface area contributed by atoms with Crippen molar-refractivity contribution in [3.63, 3.8) is 0 Å². The molecule has 5 nitrogen and oxygen atoms in total. The van der Waals surface area contributed by atoms with Crippen LogP contribution >= 0.6 is 0 Å². The molecule has 1 aromatic rings. The molecule has 1 aliphatic rings. The number of benzene rings is 1. The number of nitrogens with zero attached hydrogens (tertiary/aromatic N) is 1. The second-order valence-corrected chi connectivity index (χ2v) is 6.36. The number of carbonyl (C=O) groups excluding carboxylic acids is 1. The Morgan fingerprint density at radius 2 is 1.91 bits per heavy atom. The number of quaternary nitrogens is 1. The summed E-state index contributed by atoms with van der Waals surface area (Å²) in [6.07, 6.45) is 1.49. The molecule has 0 spiro atoms. The zero-order valence-electron chi connectivity index (χ0n) is 14.6. The molecule has 1 saturated heterocycles. The van der Waals surface area contributed by atoms with Crippen molar-refractivity contribution in [2.45, 2.75) is 25.8 Å². The molecule has 1 aromatic carbocycles. The van der Waals surface area contributed by atoms with Crippen LogP contribution in [0.1, 0.15) is 31.4 Å². The molecule has 1 fully saturated rings. The molecule has 0 unspecified atom stereocenters. The van der Waals surface area contributed by atoms with E-state index in [1.165, 1.54) is 16.2 Å². The molecule has 0 radical (unpaired) electrons. The summed E-state index contributed by atoms with van der Waals surface area (Å²) in [5.41, 5.74) is 2.48. The lowest BCUT2D eigenvalue weighted by atomic mass is 10.0. The first-order valence-corrected chi connectivity index (χ1v) is 8.58. The summed E-state index contributed by atoms with van der Waals surface area (Å²) >= 11 is 0. The maximum Gasteiger partial charge on any atom is 0.220 e. The molecule has 5 heteroatoms. The summed E-state index contributed by atoms with van der Waals surface area (Å²) in [4.78, 5) is 15.4. The zero-order chi connectivity index (χ0) is 16.7. The smallest absolute Gasteiger partial charge is 0.220 e. The predicted octanol–water partition coefficient (Wildman–Crippen LogP) is 0.625. The Kier molecular flexibility index (Phi) is 6.86. The van der Waals surface area contributed by atoms with Crippen LogP contribution in [0.15, 0.2) is 24.3 Å². The first-order valence-electron chi connectivity index (χ1n) is 8.58. The molecule has 128 valence electrons. The van der Waals surface area contributed by atoms with Crippen LogP contribution in [0.3, 0.4) is 0 Å². The average molecular weight is 320 g/mol. The quantitative estimate of drug-likeness (QED) is 0.774. The monoisotopic (exact) mass is 320 g/mol. The van der Waals surface area contributed by atoms with Crippen LogP contribution in [0, 0.1) is 0 Å². The predicted molar refractivity (Wildman–Crippen MR) is 92.9 cm³/mol. The van der Waals surface area contributed by atoms with E-state index >= 15 is 0 Å². The van der Waals surface area contributed by atoms with Crippen molar-refractivity contribution in [2.75, 3.05) is 51.8 Å². The Morgan fingerprint density at radius 1 is 1.26 bits per heavy atom. The maximum absolute atomic E-state index is 11.9. The normalized spacial score (nSPS) is 16.8. The second kappa shape index (κ2) is 8.89. The molecule has 0 saturated carbocycles. The van der Waals surface area contributed by atoms with Gasteiger partial charge >= 0.3 is 0 Å². The Morgan fingerprint density at radius 3 is 2.48 bits per heavy atom. The first-order chi connectivity index (χ1) is 11.1. The summed E-state index contributed by atoms with van der Waals surface area (Å²) < 4.78 is 5.49. The van der Waals surface area contributed by atoms with E-state index in [-0.39, 0.29) is 11.9 Å². The molecule has 0 aromatic heterocycles. The molecule has 1 aliphatic heterocycles. The van der Waals surface area contributed by atoms with E-state index < -0.39 is 0 Å². The third-order valence-electron chi connectivity index (χ3n) is 4.42. The SMILES string of the molecule is CCCC(=O)NC[C@@H](c1ccc(N(C)C)cc1)[NH+]1CCOCC1. The second-order valence-electron chi connectivity index (χ2n) is 6.36. The highest BCUT2D eigenvalue weighted by Crippen LogP contribution is 2.16. The van der Waals surface area contributed by atoms with Gasteiger partial charge in [-0.15, -0.1) is 0 Å². The van der Waals surface area contributed by atoms with E-state index in [2.05, 4.69) is 34.5 Å². The van der Waals surface area contributed by atoms with E-state index in [0.717, 1.165) is 32.7 Å². The minimum atomic E-state index is 0.148. The number of rotatable bonds is 7. The summed E-state index contributed by atoms with van der Waals surface area (Å²) in [7, 11) is 4.09. The lowest BCUT2D eigenvalue weighted by Gasteiger charge is -2.32. The highest BCUT2D eigenvalue weighted by atomic mass is 16.5. The minimum absolute atomic E-state index is 0.148. The van der Waals surface area contributed by atoms with Gasteiger partial charge in [0.1, 0.15) is 19.1 Å². The van der Waals surface area contributed by atoms with Crippen molar-refractivity contribution in [3.05, 3.63) is 29.8 Å². The molecule has 1 atom stereocenters. The van der Waals surface area contributed by atoms with Crippen LogP contribution in [0.25, 0.3) is 0 Å². The number of hydrogen-bond acceptors (Lipinski definition) is 3. The van der Waals surface area contributed by atoms with Gasteiger partial charge in [-0.3, -0.25) is 4.79 Å². The number of ether oxygens (including phenoxy) is 1. The van der Waals surface area contributed by atoms with Crippen molar-refractivity contribution in [3.8, 4) is 0 Å². The van der Waals surface area contributed by atoms with Gasteiger partial charge < -0.3 is 19.9 Å². The van der Waals surface area contributed by atoms with Crippen LogP contribution in [-0.2, 0) is 9.53 Å². The third kappa shape index (κ3) is 5.22. The summed E-state index contributed by atoms with van der Waals surface area (Å²) in [6.45, 7) is 6.29. The van der Waals surface area contributed by atoms with Crippen molar-refractivity contribution < 1.29 is 14.4 Å². The van der Waals surface area contributed by atoms with Crippen molar-refractivity contribution in [1.82, 2.24) is 5.32 Å². The fourth-order valence-electron chi connectivity index (χ4n) is 3.02. The van der Waals surface area contributed by atoms with Crippen LogP contribution in [-0.4, -0.2) is 52.9 Å². The highest BCUT2D eigenvalue weighted by molar-refractivity contribution is 5.75. The molecule has 0 aliphatic carbocycles. The Labute approximate surface area is 139 Å². The number of amides is 1. The van der Waals surface area contributed by atoms with Gasteiger partial charge in [0.2, 0.25) is 5.91 Å². The molecule has 1 heterocycles. The summed E-state index contributed by atoms with van der Waals surface area (Å²) in [5, 5.41) is 3.11. The minimum Gasteiger partial charge on any atom is -0.378 e. The Bertz CT molecular complexity index is 482. The lowest BCUT2D eigenvalue weighted by molar-refractivity contribution is -0.937. The molecule has 23 heavy (non-hydrogen) atoms. The molecular formula is C18H30N3O2+. The maximum atomic E-state index is 11.9. The fourth-order valence-corrected chi connectivity index (χ4v) is 3.02. The van der Waals surface area contributed by atoms with Crippen molar-refractivity contribution >= 4 is 11.6 Å². The number of morpholine rings is 1. The van der Waals surface area contributed by atoms with Gasteiger partial charge in [-0.25, -0.2) is 0 Å². The van der Waals surface area contributed by atoms with Crippen LogP contribution in [0.2, 0.25) is 0 Å². The van der Waals surface area contributed by atoms with Crippen LogP contribution < -0.4 is 15.1 Å². The van der Waals surface area contributed by atoms with E-state index in [1.54, 1.807) is 0 Å². The molecule has 1 amide bonds. The van der Waals surface area contributed by atoms with Crippen LogP contribution in [0.5, 0.6) is 0 Å². The van der Waals surface area contributed by atoms with Crippen LogP contribution in [0.4, 0.5) is 5.69 Å². The lowest BCUT2D eigenvalue weighted by Crippen LogP contribution is -3.15. The number of carbonyl (C=O) groups is 1. The third-order valence-corrected chi connectivity index (χ3v) is 4.42. The van der Waals surface area contributed by atoms with E-state index in [1.807, 2.05) is 21.0 Å². The zero-order valence-corrected chi connectivity index (χ0v) is 14.6. The van der Waals surface area contributed by atoms with Gasteiger partial charge in [-0.2, -0.15) is 0 Å². The highest BCUT2D eigenvalue weighted by Gasteiger charge is 2.26. The molecular weight excluding hydrogens is 290 g/mol. The number of hydrogen-bond donors (Lipinski definition) is 2.